The molecule has 3 fully saturated rings. The molecule has 0 aromatic rings. The summed E-state index contributed by atoms with van der Waals surface area (Å²) in [7, 11) is 3.45. The molecule has 0 saturated carbocycles. The molecular formula is C19H34N4O5. The van der Waals surface area contributed by atoms with Crippen LogP contribution in [0.15, 0.2) is 4.99 Å². The number of ether oxygens (including phenoxy) is 4. The number of hydrogen-bond acceptors (Lipinski definition) is 6. The minimum atomic E-state index is -0.494. The predicted octanol–water partition coefficient (Wildman–Crippen LogP) is 0.101. The molecule has 0 radical (unpaired) electrons. The summed E-state index contributed by atoms with van der Waals surface area (Å²) in [5.41, 5.74) is 0. The molecule has 160 valence electrons. The zero-order valence-electron chi connectivity index (χ0n) is 17.1. The number of rotatable bonds is 6. The van der Waals surface area contributed by atoms with E-state index < -0.39 is 5.79 Å². The number of nitrogens with zero attached hydrogens (tertiary/aromatic N) is 2. The van der Waals surface area contributed by atoms with Gasteiger partial charge in [-0.05, 0) is 19.3 Å². The fraction of sp³-hybridized carbons (Fsp3) is 0.895. The highest BCUT2D eigenvalue weighted by molar-refractivity contribution is 5.84. The molecule has 1 amide bonds. The Balaban J connectivity index is 1.49. The summed E-state index contributed by atoms with van der Waals surface area (Å²) >= 11 is 0. The van der Waals surface area contributed by atoms with E-state index in [1.54, 1.807) is 14.1 Å². The van der Waals surface area contributed by atoms with Crippen LogP contribution in [0.2, 0.25) is 0 Å². The zero-order valence-corrected chi connectivity index (χ0v) is 17.1. The van der Waals surface area contributed by atoms with Crippen molar-refractivity contribution in [2.24, 2.45) is 4.99 Å². The number of hydrogen-bond donors (Lipinski definition) is 2. The van der Waals surface area contributed by atoms with Crippen LogP contribution in [-0.2, 0) is 23.7 Å². The van der Waals surface area contributed by atoms with Gasteiger partial charge in [-0.2, -0.15) is 0 Å². The van der Waals surface area contributed by atoms with E-state index in [1.165, 1.54) is 11.3 Å². The lowest BCUT2D eigenvalue weighted by atomic mass is 10.1. The number of amides is 1. The highest BCUT2D eigenvalue weighted by Gasteiger charge is 2.42. The summed E-state index contributed by atoms with van der Waals surface area (Å²) in [5, 5.41) is 6.60. The maximum absolute atomic E-state index is 11.9. The Morgan fingerprint density at radius 1 is 1.11 bits per heavy atom. The van der Waals surface area contributed by atoms with Crippen LogP contribution in [0.3, 0.4) is 0 Å². The van der Waals surface area contributed by atoms with Crippen LogP contribution in [0.5, 0.6) is 0 Å². The van der Waals surface area contributed by atoms with Crippen molar-refractivity contribution in [3.63, 3.8) is 0 Å². The smallest absolute Gasteiger partial charge is 0.243 e. The molecule has 0 bridgehead atoms. The van der Waals surface area contributed by atoms with Gasteiger partial charge in [-0.1, -0.05) is 0 Å². The first-order valence-electron chi connectivity index (χ1n) is 10.3. The molecule has 1 spiro atoms. The lowest BCUT2D eigenvalue weighted by Gasteiger charge is -2.31. The molecule has 3 rings (SSSR count). The second-order valence-electron chi connectivity index (χ2n) is 7.78. The number of aliphatic imine (C=N–C) groups is 1. The molecule has 2 N–H and O–H groups in total. The van der Waals surface area contributed by atoms with Crippen LogP contribution in [0.1, 0.15) is 32.1 Å². The maximum Gasteiger partial charge on any atom is 0.243 e. The third kappa shape index (κ3) is 6.30. The molecule has 0 aromatic carbocycles. The molecule has 3 saturated heterocycles. The van der Waals surface area contributed by atoms with E-state index in [1.807, 2.05) is 0 Å². The number of carbonyl (C=O) groups is 1. The standard InChI is InChI=1S/C19H34N4O5/c1-23(2)17(24)13-22-18(20-11-15-5-3-4-8-26-15)21-12-16-14-27-19(28-16)6-9-25-10-7-19/h15-16H,3-14H2,1-2H3,(H2,20,21,22). The van der Waals surface area contributed by atoms with Crippen molar-refractivity contribution >= 4 is 11.9 Å². The molecule has 28 heavy (non-hydrogen) atoms. The van der Waals surface area contributed by atoms with E-state index >= 15 is 0 Å². The quantitative estimate of drug-likeness (QED) is 0.484. The van der Waals surface area contributed by atoms with Gasteiger partial charge in [-0.25, -0.2) is 4.99 Å². The third-order valence-electron chi connectivity index (χ3n) is 5.31. The molecule has 9 heteroatoms. The number of guanidine groups is 1. The molecule has 2 atom stereocenters. The van der Waals surface area contributed by atoms with Crippen molar-refractivity contribution in [1.82, 2.24) is 15.5 Å². The first-order chi connectivity index (χ1) is 13.6. The number of nitrogens with one attached hydrogen (secondary N) is 2. The van der Waals surface area contributed by atoms with Crippen LogP contribution in [-0.4, -0.2) is 94.9 Å². The Labute approximate surface area is 167 Å². The summed E-state index contributed by atoms with van der Waals surface area (Å²) in [4.78, 5) is 17.9. The second-order valence-corrected chi connectivity index (χ2v) is 7.78. The average molecular weight is 399 g/mol. The number of likely N-dealkylation sites (N-methyl/N-ethyl adjacent to an activating group) is 1. The summed E-state index contributed by atoms with van der Waals surface area (Å²) in [6, 6.07) is 0. The summed E-state index contributed by atoms with van der Waals surface area (Å²) in [5.74, 6) is 0.0594. The van der Waals surface area contributed by atoms with Gasteiger partial charge in [0.1, 0.15) is 12.6 Å². The van der Waals surface area contributed by atoms with Gasteiger partial charge in [-0.3, -0.25) is 4.79 Å². The molecule has 3 aliphatic rings. The van der Waals surface area contributed by atoms with Gasteiger partial charge in [0.05, 0.1) is 25.9 Å². The van der Waals surface area contributed by atoms with Crippen molar-refractivity contribution in [2.45, 2.75) is 50.1 Å². The third-order valence-corrected chi connectivity index (χ3v) is 5.31. The molecule has 3 heterocycles. The Hall–Kier alpha value is -1.42. The van der Waals surface area contributed by atoms with Crippen molar-refractivity contribution in [2.75, 3.05) is 60.2 Å². The van der Waals surface area contributed by atoms with Gasteiger partial charge in [0.2, 0.25) is 5.91 Å². The van der Waals surface area contributed by atoms with Gasteiger partial charge in [-0.15, -0.1) is 0 Å². The molecule has 0 aliphatic carbocycles. The molecule has 3 aliphatic heterocycles. The Morgan fingerprint density at radius 2 is 1.86 bits per heavy atom. The monoisotopic (exact) mass is 398 g/mol. The van der Waals surface area contributed by atoms with Crippen molar-refractivity contribution in [3.05, 3.63) is 0 Å². The molecule has 0 aromatic heterocycles. The van der Waals surface area contributed by atoms with Crippen LogP contribution in [0.25, 0.3) is 0 Å². The summed E-state index contributed by atoms with van der Waals surface area (Å²) < 4.78 is 23.2. The lowest BCUT2D eigenvalue weighted by Crippen LogP contribution is -2.46. The molecular weight excluding hydrogens is 364 g/mol. The Kier molecular flexibility index (Phi) is 7.90. The topological polar surface area (TPSA) is 93.7 Å². The lowest BCUT2D eigenvalue weighted by molar-refractivity contribution is -0.210. The van der Waals surface area contributed by atoms with Crippen LogP contribution in [0, 0.1) is 0 Å². The SMILES string of the molecule is CN(C)C(=O)CN=C(NCC1CCCCO1)NCC1COC2(CCOCC2)O1. The van der Waals surface area contributed by atoms with Gasteiger partial charge < -0.3 is 34.5 Å². The first-order valence-corrected chi connectivity index (χ1v) is 10.3. The van der Waals surface area contributed by atoms with Gasteiger partial charge >= 0.3 is 0 Å². The van der Waals surface area contributed by atoms with Crippen molar-refractivity contribution in [1.29, 1.82) is 0 Å². The van der Waals surface area contributed by atoms with Gasteiger partial charge in [0, 0.05) is 46.6 Å². The van der Waals surface area contributed by atoms with Crippen LogP contribution in [0.4, 0.5) is 0 Å². The summed E-state index contributed by atoms with van der Waals surface area (Å²) in [6.45, 7) is 4.02. The van der Waals surface area contributed by atoms with E-state index in [9.17, 15) is 4.79 Å². The Bertz CT molecular complexity index is 530. The van der Waals surface area contributed by atoms with E-state index in [2.05, 4.69) is 15.6 Å². The van der Waals surface area contributed by atoms with E-state index in [0.717, 1.165) is 32.3 Å². The number of carbonyl (C=O) groups excluding carboxylic acids is 1. The fourth-order valence-electron chi connectivity index (χ4n) is 3.51. The van der Waals surface area contributed by atoms with E-state index in [4.69, 9.17) is 18.9 Å². The van der Waals surface area contributed by atoms with Crippen LogP contribution >= 0.6 is 0 Å². The highest BCUT2D eigenvalue weighted by Crippen LogP contribution is 2.32. The second kappa shape index (κ2) is 10.4. The normalized spacial score (nSPS) is 27.6. The van der Waals surface area contributed by atoms with Crippen LogP contribution < -0.4 is 10.6 Å². The minimum absolute atomic E-state index is 0.0448. The predicted molar refractivity (Wildman–Crippen MR) is 104 cm³/mol. The fourth-order valence-corrected chi connectivity index (χ4v) is 3.51. The van der Waals surface area contributed by atoms with Gasteiger partial charge in [0.15, 0.2) is 11.7 Å². The van der Waals surface area contributed by atoms with Crippen molar-refractivity contribution in [3.8, 4) is 0 Å². The van der Waals surface area contributed by atoms with Gasteiger partial charge in [0.25, 0.3) is 0 Å². The molecule has 2 unspecified atom stereocenters. The average Bonchev–Trinajstić information content (AvgIpc) is 3.10. The maximum atomic E-state index is 11.9. The zero-order chi connectivity index (χ0) is 19.8. The first kappa shape index (κ1) is 21.3. The Morgan fingerprint density at radius 3 is 2.54 bits per heavy atom. The van der Waals surface area contributed by atoms with E-state index in [-0.39, 0.29) is 24.7 Å². The summed E-state index contributed by atoms with van der Waals surface area (Å²) in [6.07, 6.45) is 5.00. The molecule has 9 nitrogen and oxygen atoms in total. The minimum Gasteiger partial charge on any atom is -0.381 e. The van der Waals surface area contributed by atoms with E-state index in [0.29, 0.717) is 38.9 Å². The highest BCUT2D eigenvalue weighted by atomic mass is 16.7. The largest absolute Gasteiger partial charge is 0.381 e. The van der Waals surface area contributed by atoms with Crippen molar-refractivity contribution < 1.29 is 23.7 Å².